The fraction of sp³-hybridized carbons (Fsp3) is 0.583. The van der Waals surface area contributed by atoms with Gasteiger partial charge in [0.05, 0.1) is 5.02 Å². The van der Waals surface area contributed by atoms with Crippen molar-refractivity contribution in [2.45, 2.75) is 32.1 Å². The third kappa shape index (κ3) is 3.38. The Labute approximate surface area is 96.1 Å². The highest BCUT2D eigenvalue weighted by Gasteiger charge is 2.13. The zero-order chi connectivity index (χ0) is 10.5. The van der Waals surface area contributed by atoms with Gasteiger partial charge >= 0.3 is 0 Å². The lowest BCUT2D eigenvalue weighted by atomic mass is 10.0. The number of nitrogens with zero attached hydrogens (tertiary/aromatic N) is 1. The van der Waals surface area contributed by atoms with Gasteiger partial charge in [-0.2, -0.15) is 0 Å². The average molecular weight is 225 g/mol. The van der Waals surface area contributed by atoms with E-state index in [0.717, 1.165) is 18.3 Å². The zero-order valence-corrected chi connectivity index (χ0v) is 9.63. The van der Waals surface area contributed by atoms with E-state index < -0.39 is 0 Å². The van der Waals surface area contributed by atoms with Gasteiger partial charge in [0, 0.05) is 12.7 Å². The molecule has 0 amide bonds. The molecular weight excluding hydrogens is 208 g/mol. The number of anilines is 1. The van der Waals surface area contributed by atoms with Crippen molar-refractivity contribution in [1.82, 2.24) is 4.98 Å². The van der Waals surface area contributed by atoms with Gasteiger partial charge in [0.15, 0.2) is 0 Å². The summed E-state index contributed by atoms with van der Waals surface area (Å²) in [6.07, 6.45) is 8.61. The normalized spacial score (nSPS) is 16.9. The maximum absolute atomic E-state index is 5.76. The highest BCUT2D eigenvalue weighted by atomic mass is 35.5. The molecule has 0 unspecified atom stereocenters. The molecule has 1 heterocycles. The quantitative estimate of drug-likeness (QED) is 0.843. The average Bonchev–Trinajstić information content (AvgIpc) is 2.74. The summed E-state index contributed by atoms with van der Waals surface area (Å²) >= 11 is 5.76. The molecule has 0 saturated heterocycles. The summed E-state index contributed by atoms with van der Waals surface area (Å²) in [6, 6.07) is 3.80. The minimum absolute atomic E-state index is 0.691. The van der Waals surface area contributed by atoms with Crippen LogP contribution in [0.1, 0.15) is 32.1 Å². The van der Waals surface area contributed by atoms with Crippen LogP contribution in [0.5, 0.6) is 0 Å². The Balaban J connectivity index is 1.71. The molecule has 0 aliphatic heterocycles. The Morgan fingerprint density at radius 1 is 1.33 bits per heavy atom. The minimum atomic E-state index is 0.691. The molecule has 1 saturated carbocycles. The first-order chi connectivity index (χ1) is 7.34. The van der Waals surface area contributed by atoms with Gasteiger partial charge in [0.2, 0.25) is 0 Å². The molecule has 0 radical (unpaired) electrons. The molecule has 1 aliphatic rings. The second-order valence-corrected chi connectivity index (χ2v) is 4.66. The molecule has 1 N–H and O–H groups in total. The number of halogens is 1. The Hall–Kier alpha value is -0.760. The van der Waals surface area contributed by atoms with Gasteiger partial charge in [-0.05, 0) is 24.5 Å². The molecule has 15 heavy (non-hydrogen) atoms. The van der Waals surface area contributed by atoms with E-state index in [0.29, 0.717) is 5.02 Å². The van der Waals surface area contributed by atoms with Crippen LogP contribution in [0.3, 0.4) is 0 Å². The smallest absolute Gasteiger partial charge is 0.125 e. The van der Waals surface area contributed by atoms with Crippen molar-refractivity contribution in [3.05, 3.63) is 23.4 Å². The van der Waals surface area contributed by atoms with Crippen molar-refractivity contribution < 1.29 is 0 Å². The molecule has 0 aromatic carbocycles. The maximum atomic E-state index is 5.76. The van der Waals surface area contributed by atoms with Gasteiger partial charge in [-0.3, -0.25) is 0 Å². The van der Waals surface area contributed by atoms with E-state index in [2.05, 4.69) is 10.3 Å². The summed E-state index contributed by atoms with van der Waals surface area (Å²) < 4.78 is 0. The summed E-state index contributed by atoms with van der Waals surface area (Å²) in [5.74, 6) is 1.86. The van der Waals surface area contributed by atoms with E-state index in [-0.39, 0.29) is 0 Å². The van der Waals surface area contributed by atoms with Gasteiger partial charge in [-0.15, -0.1) is 0 Å². The lowest BCUT2D eigenvalue weighted by molar-refractivity contribution is 0.518. The van der Waals surface area contributed by atoms with Crippen LogP contribution in [-0.4, -0.2) is 11.5 Å². The maximum Gasteiger partial charge on any atom is 0.125 e. The van der Waals surface area contributed by atoms with Crippen LogP contribution in [0.2, 0.25) is 5.02 Å². The molecule has 0 bridgehead atoms. The predicted octanol–water partition coefficient (Wildman–Crippen LogP) is 3.73. The molecule has 1 fully saturated rings. The predicted molar refractivity (Wildman–Crippen MR) is 64.3 cm³/mol. The molecule has 3 heteroatoms. The van der Waals surface area contributed by atoms with Crippen molar-refractivity contribution in [3.8, 4) is 0 Å². The Bertz CT molecular complexity index is 291. The van der Waals surface area contributed by atoms with Crippen LogP contribution in [0.15, 0.2) is 18.3 Å². The summed E-state index contributed by atoms with van der Waals surface area (Å²) in [7, 11) is 0. The number of aromatic nitrogens is 1. The van der Waals surface area contributed by atoms with E-state index in [1.807, 2.05) is 12.1 Å². The molecule has 82 valence electrons. The number of hydrogen-bond acceptors (Lipinski definition) is 2. The largest absolute Gasteiger partial charge is 0.370 e. The van der Waals surface area contributed by atoms with E-state index in [1.165, 1.54) is 32.1 Å². The number of pyridine rings is 1. The monoisotopic (exact) mass is 224 g/mol. The van der Waals surface area contributed by atoms with Crippen LogP contribution in [0.4, 0.5) is 5.82 Å². The summed E-state index contributed by atoms with van der Waals surface area (Å²) in [5.41, 5.74) is 0. The molecule has 2 rings (SSSR count). The van der Waals surface area contributed by atoms with Crippen molar-refractivity contribution in [3.63, 3.8) is 0 Å². The van der Waals surface area contributed by atoms with E-state index in [1.54, 1.807) is 6.20 Å². The van der Waals surface area contributed by atoms with Gasteiger partial charge in [-0.25, -0.2) is 4.98 Å². The van der Waals surface area contributed by atoms with Crippen LogP contribution in [0.25, 0.3) is 0 Å². The first kappa shape index (κ1) is 10.7. The second-order valence-electron chi connectivity index (χ2n) is 4.23. The molecule has 2 nitrogen and oxygen atoms in total. The molecular formula is C12H17ClN2. The number of rotatable bonds is 4. The fourth-order valence-corrected chi connectivity index (χ4v) is 2.30. The van der Waals surface area contributed by atoms with Crippen molar-refractivity contribution in [1.29, 1.82) is 0 Å². The highest BCUT2D eigenvalue weighted by Crippen LogP contribution is 2.27. The summed E-state index contributed by atoms with van der Waals surface area (Å²) in [5, 5.41) is 4.02. The zero-order valence-electron chi connectivity index (χ0n) is 8.88. The van der Waals surface area contributed by atoms with Crippen LogP contribution < -0.4 is 5.32 Å². The molecule has 1 aromatic rings. The first-order valence-corrected chi connectivity index (χ1v) is 6.08. The van der Waals surface area contributed by atoms with Gasteiger partial charge in [-0.1, -0.05) is 37.3 Å². The van der Waals surface area contributed by atoms with Crippen molar-refractivity contribution >= 4 is 17.4 Å². The molecule has 0 spiro atoms. The van der Waals surface area contributed by atoms with Gasteiger partial charge in [0.25, 0.3) is 0 Å². The van der Waals surface area contributed by atoms with Gasteiger partial charge in [0.1, 0.15) is 5.82 Å². The summed E-state index contributed by atoms with van der Waals surface area (Å²) in [4.78, 5) is 4.20. The topological polar surface area (TPSA) is 24.9 Å². The summed E-state index contributed by atoms with van der Waals surface area (Å²) in [6.45, 7) is 1.03. The van der Waals surface area contributed by atoms with Crippen molar-refractivity contribution in [2.24, 2.45) is 5.92 Å². The highest BCUT2D eigenvalue weighted by molar-refractivity contribution is 6.30. The van der Waals surface area contributed by atoms with E-state index in [9.17, 15) is 0 Å². The second kappa shape index (κ2) is 5.36. The van der Waals surface area contributed by atoms with E-state index in [4.69, 9.17) is 11.6 Å². The van der Waals surface area contributed by atoms with Gasteiger partial charge < -0.3 is 5.32 Å². The third-order valence-corrected chi connectivity index (χ3v) is 3.28. The van der Waals surface area contributed by atoms with Crippen LogP contribution in [-0.2, 0) is 0 Å². The molecule has 1 aromatic heterocycles. The van der Waals surface area contributed by atoms with Crippen LogP contribution >= 0.6 is 11.6 Å². The SMILES string of the molecule is Clc1ccc(NCCC2CCCC2)nc1. The Morgan fingerprint density at radius 3 is 2.80 bits per heavy atom. The lowest BCUT2D eigenvalue weighted by Crippen LogP contribution is -2.07. The molecule has 1 aliphatic carbocycles. The lowest BCUT2D eigenvalue weighted by Gasteiger charge is -2.09. The number of nitrogens with one attached hydrogen (secondary N) is 1. The molecule has 0 atom stereocenters. The number of hydrogen-bond donors (Lipinski definition) is 1. The third-order valence-electron chi connectivity index (χ3n) is 3.06. The minimum Gasteiger partial charge on any atom is -0.370 e. The van der Waals surface area contributed by atoms with Crippen LogP contribution in [0, 0.1) is 5.92 Å². The standard InChI is InChI=1S/C12H17ClN2/c13-11-5-6-12(15-9-11)14-8-7-10-3-1-2-4-10/h5-6,9-10H,1-4,7-8H2,(H,14,15). The first-order valence-electron chi connectivity index (χ1n) is 5.70. The Kier molecular flexibility index (Phi) is 3.84. The van der Waals surface area contributed by atoms with Crippen molar-refractivity contribution in [2.75, 3.05) is 11.9 Å². The fourth-order valence-electron chi connectivity index (χ4n) is 2.18. The Morgan fingerprint density at radius 2 is 2.13 bits per heavy atom. The van der Waals surface area contributed by atoms with E-state index >= 15 is 0 Å².